The molecule has 2 heterocycles. The lowest BCUT2D eigenvalue weighted by atomic mass is 10.3. The molecule has 17 heavy (non-hydrogen) atoms. The number of hydrogen-bond donors (Lipinski definition) is 2. The Hall–Kier alpha value is -2.51. The van der Waals surface area contributed by atoms with Crippen LogP contribution in [0.1, 0.15) is 10.5 Å². The molecule has 0 aliphatic rings. The Morgan fingerprint density at radius 2 is 2.24 bits per heavy atom. The first kappa shape index (κ1) is 11.0. The van der Waals surface area contributed by atoms with Gasteiger partial charge in [-0.1, -0.05) is 11.2 Å². The average Bonchev–Trinajstić information content (AvgIpc) is 2.75. The number of pyridine rings is 1. The van der Waals surface area contributed by atoms with Crippen molar-refractivity contribution in [2.45, 2.75) is 0 Å². The van der Waals surface area contributed by atoms with Crippen molar-refractivity contribution in [1.29, 1.82) is 0 Å². The first-order valence-corrected chi connectivity index (χ1v) is 4.89. The summed E-state index contributed by atoms with van der Waals surface area (Å²) in [7, 11) is 3.34. The molecule has 88 valence electrons. The minimum Gasteiger partial charge on any atom is -0.373 e. The van der Waals surface area contributed by atoms with Crippen LogP contribution in [0.3, 0.4) is 0 Å². The molecule has 0 fully saturated rings. The van der Waals surface area contributed by atoms with Crippen molar-refractivity contribution in [3.8, 4) is 0 Å². The zero-order chi connectivity index (χ0) is 12.3. The first-order valence-electron chi connectivity index (χ1n) is 4.89. The molecule has 0 saturated carbocycles. The van der Waals surface area contributed by atoms with Crippen LogP contribution in [0.25, 0.3) is 0 Å². The van der Waals surface area contributed by atoms with E-state index >= 15 is 0 Å². The minimum absolute atomic E-state index is 0.147. The molecule has 2 aromatic rings. The number of hydrogen-bond acceptors (Lipinski definition) is 6. The van der Waals surface area contributed by atoms with Crippen LogP contribution in [0.15, 0.2) is 18.2 Å². The predicted octanol–water partition coefficient (Wildman–Crippen LogP) is -0.101. The number of carbonyl (C=O) groups excluding carboxylic acids is 1. The molecule has 0 aromatic carbocycles. The van der Waals surface area contributed by atoms with Gasteiger partial charge in [-0.25, -0.2) is 4.98 Å². The minimum atomic E-state index is -0.380. The van der Waals surface area contributed by atoms with Crippen molar-refractivity contribution >= 4 is 17.7 Å². The van der Waals surface area contributed by atoms with E-state index in [2.05, 4.69) is 31.0 Å². The van der Waals surface area contributed by atoms with Gasteiger partial charge in [0.2, 0.25) is 0 Å². The number of anilines is 2. The van der Waals surface area contributed by atoms with Crippen molar-refractivity contribution in [3.05, 3.63) is 23.9 Å². The van der Waals surface area contributed by atoms with Gasteiger partial charge in [0.1, 0.15) is 11.5 Å². The highest BCUT2D eigenvalue weighted by Gasteiger charge is 2.10. The van der Waals surface area contributed by atoms with Crippen LogP contribution in [0.5, 0.6) is 0 Å². The number of amides is 1. The highest BCUT2D eigenvalue weighted by Crippen LogP contribution is 2.05. The molecule has 0 radical (unpaired) electrons. The number of rotatable bonds is 3. The van der Waals surface area contributed by atoms with Gasteiger partial charge in [0.05, 0.1) is 7.05 Å². The average molecular weight is 233 g/mol. The van der Waals surface area contributed by atoms with Gasteiger partial charge < -0.3 is 5.32 Å². The molecule has 2 N–H and O–H groups in total. The summed E-state index contributed by atoms with van der Waals surface area (Å²) in [6.45, 7) is 0. The van der Waals surface area contributed by atoms with E-state index in [9.17, 15) is 4.79 Å². The molecule has 0 aliphatic carbocycles. The predicted molar refractivity (Wildman–Crippen MR) is 60.5 cm³/mol. The molecule has 0 aliphatic heterocycles. The van der Waals surface area contributed by atoms with Gasteiger partial charge in [0.25, 0.3) is 11.9 Å². The van der Waals surface area contributed by atoms with Gasteiger partial charge in [0.15, 0.2) is 0 Å². The van der Waals surface area contributed by atoms with E-state index in [0.717, 1.165) is 0 Å². The molecule has 0 spiro atoms. The molecule has 1 amide bonds. The third-order valence-electron chi connectivity index (χ3n) is 1.97. The number of aromatic nitrogens is 5. The van der Waals surface area contributed by atoms with Gasteiger partial charge in [-0.2, -0.15) is 4.80 Å². The van der Waals surface area contributed by atoms with Crippen LogP contribution in [-0.2, 0) is 7.05 Å². The summed E-state index contributed by atoms with van der Waals surface area (Å²) in [6, 6.07) is 5.10. The lowest BCUT2D eigenvalue weighted by Gasteiger charge is -2.02. The van der Waals surface area contributed by atoms with Crippen LogP contribution >= 0.6 is 0 Å². The second-order valence-electron chi connectivity index (χ2n) is 3.21. The largest absolute Gasteiger partial charge is 0.373 e. The SMILES string of the molecule is CNc1cccc(C(=O)Nc2nnn(C)n2)n1. The summed E-state index contributed by atoms with van der Waals surface area (Å²) in [5, 5.41) is 16.4. The van der Waals surface area contributed by atoms with Gasteiger partial charge >= 0.3 is 0 Å². The number of nitrogens with one attached hydrogen (secondary N) is 2. The fourth-order valence-corrected chi connectivity index (χ4v) is 1.20. The summed E-state index contributed by atoms with van der Waals surface area (Å²) >= 11 is 0. The number of tetrazole rings is 1. The summed E-state index contributed by atoms with van der Waals surface area (Å²) in [6.07, 6.45) is 0. The fraction of sp³-hybridized carbons (Fsp3) is 0.222. The lowest BCUT2D eigenvalue weighted by Crippen LogP contribution is -2.15. The first-order chi connectivity index (χ1) is 8.19. The quantitative estimate of drug-likeness (QED) is 0.768. The Kier molecular flexibility index (Phi) is 2.95. The highest BCUT2D eigenvalue weighted by molar-refractivity contribution is 6.01. The molecule has 2 aromatic heterocycles. The summed E-state index contributed by atoms with van der Waals surface area (Å²) in [5.74, 6) is 0.383. The van der Waals surface area contributed by atoms with Crippen molar-refractivity contribution in [1.82, 2.24) is 25.2 Å². The highest BCUT2D eigenvalue weighted by atomic mass is 16.2. The topological polar surface area (TPSA) is 97.6 Å². The summed E-state index contributed by atoms with van der Waals surface area (Å²) in [5.41, 5.74) is 0.282. The third kappa shape index (κ3) is 2.54. The van der Waals surface area contributed by atoms with E-state index in [-0.39, 0.29) is 17.5 Å². The Morgan fingerprint density at radius 3 is 2.88 bits per heavy atom. The van der Waals surface area contributed by atoms with E-state index in [4.69, 9.17) is 0 Å². The Balaban J connectivity index is 2.14. The fourth-order valence-electron chi connectivity index (χ4n) is 1.20. The maximum absolute atomic E-state index is 11.8. The monoisotopic (exact) mass is 233 g/mol. The molecule has 0 saturated heterocycles. The number of nitrogens with zero attached hydrogens (tertiary/aromatic N) is 5. The smallest absolute Gasteiger partial charge is 0.276 e. The van der Waals surface area contributed by atoms with E-state index in [0.29, 0.717) is 5.82 Å². The van der Waals surface area contributed by atoms with Crippen LogP contribution in [0.4, 0.5) is 11.8 Å². The maximum Gasteiger partial charge on any atom is 0.276 e. The van der Waals surface area contributed by atoms with E-state index in [1.807, 2.05) is 0 Å². The van der Waals surface area contributed by atoms with Crippen molar-refractivity contribution in [2.75, 3.05) is 17.7 Å². The summed E-state index contributed by atoms with van der Waals surface area (Å²) in [4.78, 5) is 17.1. The van der Waals surface area contributed by atoms with Gasteiger partial charge in [-0.05, 0) is 17.3 Å². The van der Waals surface area contributed by atoms with Crippen LogP contribution in [-0.4, -0.2) is 38.1 Å². The number of carbonyl (C=O) groups is 1. The molecule has 0 bridgehead atoms. The Morgan fingerprint density at radius 1 is 1.41 bits per heavy atom. The second-order valence-corrected chi connectivity index (χ2v) is 3.21. The Bertz CT molecular complexity index is 536. The molecule has 8 nitrogen and oxygen atoms in total. The van der Waals surface area contributed by atoms with Gasteiger partial charge in [-0.3, -0.25) is 10.1 Å². The van der Waals surface area contributed by atoms with E-state index in [1.165, 1.54) is 4.80 Å². The zero-order valence-corrected chi connectivity index (χ0v) is 9.38. The third-order valence-corrected chi connectivity index (χ3v) is 1.97. The summed E-state index contributed by atoms with van der Waals surface area (Å²) < 4.78 is 0. The van der Waals surface area contributed by atoms with E-state index in [1.54, 1.807) is 32.3 Å². The van der Waals surface area contributed by atoms with Gasteiger partial charge in [-0.15, -0.1) is 5.10 Å². The molecule has 2 rings (SSSR count). The van der Waals surface area contributed by atoms with Crippen LogP contribution < -0.4 is 10.6 Å². The molecule has 8 heteroatoms. The van der Waals surface area contributed by atoms with Crippen LogP contribution in [0.2, 0.25) is 0 Å². The zero-order valence-electron chi connectivity index (χ0n) is 9.38. The van der Waals surface area contributed by atoms with E-state index < -0.39 is 0 Å². The standard InChI is InChI=1S/C9H11N7O/c1-10-7-5-3-4-6(11-7)8(17)12-9-13-15-16(2)14-9/h3-5H,1-2H3,(H,10,11)(H,12,14,17). The molecular formula is C9H11N7O. The van der Waals surface area contributed by atoms with Crippen LogP contribution in [0, 0.1) is 0 Å². The van der Waals surface area contributed by atoms with Crippen molar-refractivity contribution in [2.24, 2.45) is 7.05 Å². The number of aryl methyl sites for hydroxylation is 1. The second kappa shape index (κ2) is 4.56. The molecule has 0 unspecified atom stereocenters. The molecule has 0 atom stereocenters. The maximum atomic E-state index is 11.8. The Labute approximate surface area is 97.0 Å². The van der Waals surface area contributed by atoms with Crippen molar-refractivity contribution in [3.63, 3.8) is 0 Å². The normalized spacial score (nSPS) is 10.0. The van der Waals surface area contributed by atoms with Gasteiger partial charge in [0, 0.05) is 7.05 Å². The van der Waals surface area contributed by atoms with Crippen molar-refractivity contribution < 1.29 is 4.79 Å². The molecular weight excluding hydrogens is 222 g/mol. The lowest BCUT2D eigenvalue weighted by molar-refractivity contribution is 0.102.